The fourth-order valence-corrected chi connectivity index (χ4v) is 3.77. The predicted molar refractivity (Wildman–Crippen MR) is 58.2 cm³/mol. The van der Waals surface area contributed by atoms with E-state index in [-0.39, 0.29) is 0 Å². The van der Waals surface area contributed by atoms with Gasteiger partial charge in [0.2, 0.25) is 0 Å². The molecule has 1 aliphatic heterocycles. The minimum Gasteiger partial charge on any atom is -0.316 e. The van der Waals surface area contributed by atoms with E-state index in [4.69, 9.17) is 0 Å². The van der Waals surface area contributed by atoms with E-state index in [0.29, 0.717) is 0 Å². The van der Waals surface area contributed by atoms with Crippen LogP contribution in [0.1, 0.15) is 25.7 Å². The highest BCUT2D eigenvalue weighted by molar-refractivity contribution is 4.95. The van der Waals surface area contributed by atoms with Gasteiger partial charge in [-0.05, 0) is 44.1 Å². The molecule has 0 aromatic rings. The number of hydrogen-bond acceptors (Lipinski definition) is 2. The zero-order chi connectivity index (χ0) is 9.54. The maximum Gasteiger partial charge on any atom is 0.0123 e. The maximum absolute atomic E-state index is 3.36. The van der Waals surface area contributed by atoms with E-state index >= 15 is 0 Å². The Hall–Kier alpha value is -0.0800. The minimum atomic E-state index is 0.939. The first-order valence-electron chi connectivity index (χ1n) is 6.24. The van der Waals surface area contributed by atoms with E-state index in [9.17, 15) is 0 Å². The lowest BCUT2D eigenvalue weighted by Gasteiger charge is -2.37. The van der Waals surface area contributed by atoms with Crippen molar-refractivity contribution in [2.75, 3.05) is 26.7 Å². The van der Waals surface area contributed by atoms with Crippen molar-refractivity contribution < 1.29 is 0 Å². The van der Waals surface area contributed by atoms with Crippen LogP contribution in [0.5, 0.6) is 0 Å². The summed E-state index contributed by atoms with van der Waals surface area (Å²) in [5.74, 6) is 3.09. The van der Waals surface area contributed by atoms with Crippen molar-refractivity contribution in [1.29, 1.82) is 0 Å². The van der Waals surface area contributed by atoms with Crippen LogP contribution in [0.2, 0.25) is 0 Å². The average Bonchev–Trinajstić information content (AvgIpc) is 2.71. The van der Waals surface area contributed by atoms with Crippen molar-refractivity contribution in [3.05, 3.63) is 0 Å². The van der Waals surface area contributed by atoms with Gasteiger partial charge in [-0.3, -0.25) is 0 Å². The van der Waals surface area contributed by atoms with Gasteiger partial charge in [-0.15, -0.1) is 0 Å². The van der Waals surface area contributed by atoms with E-state index in [0.717, 1.165) is 23.8 Å². The van der Waals surface area contributed by atoms with Gasteiger partial charge >= 0.3 is 0 Å². The second-order valence-corrected chi connectivity index (χ2v) is 5.71. The molecular formula is C12H22N2. The molecule has 3 unspecified atom stereocenters. The van der Waals surface area contributed by atoms with Crippen molar-refractivity contribution in [3.8, 4) is 0 Å². The second-order valence-electron chi connectivity index (χ2n) is 5.71. The number of fused-ring (bicyclic) bond motifs is 2. The molecule has 0 radical (unpaired) electrons. The molecule has 2 aliphatic carbocycles. The van der Waals surface area contributed by atoms with Crippen LogP contribution in [-0.2, 0) is 0 Å². The SMILES string of the molecule is CN(CC1CNC1)C1CC2CCC1C2. The summed E-state index contributed by atoms with van der Waals surface area (Å²) in [6, 6.07) is 0.939. The van der Waals surface area contributed by atoms with Gasteiger partial charge in [0, 0.05) is 25.7 Å². The van der Waals surface area contributed by atoms with Gasteiger partial charge in [0.15, 0.2) is 0 Å². The molecule has 14 heavy (non-hydrogen) atoms. The van der Waals surface area contributed by atoms with E-state index < -0.39 is 0 Å². The largest absolute Gasteiger partial charge is 0.316 e. The highest BCUT2D eigenvalue weighted by atomic mass is 15.2. The molecule has 1 saturated heterocycles. The molecule has 1 N–H and O–H groups in total. The van der Waals surface area contributed by atoms with E-state index in [1.807, 2.05) is 0 Å². The molecule has 3 rings (SSSR count). The second kappa shape index (κ2) is 3.49. The molecule has 1 heterocycles. The molecule has 0 amide bonds. The van der Waals surface area contributed by atoms with Crippen LogP contribution in [0.3, 0.4) is 0 Å². The Morgan fingerprint density at radius 2 is 2.07 bits per heavy atom. The summed E-state index contributed by atoms with van der Waals surface area (Å²) in [4.78, 5) is 2.66. The zero-order valence-electron chi connectivity index (χ0n) is 9.21. The zero-order valence-corrected chi connectivity index (χ0v) is 9.21. The molecule has 0 spiro atoms. The highest BCUT2D eigenvalue weighted by Gasteiger charge is 2.41. The highest BCUT2D eigenvalue weighted by Crippen LogP contribution is 2.46. The van der Waals surface area contributed by atoms with E-state index in [2.05, 4.69) is 17.3 Å². The van der Waals surface area contributed by atoms with Crippen LogP contribution < -0.4 is 5.32 Å². The van der Waals surface area contributed by atoms with Crippen molar-refractivity contribution in [1.82, 2.24) is 10.2 Å². The van der Waals surface area contributed by atoms with Gasteiger partial charge in [-0.1, -0.05) is 6.42 Å². The summed E-state index contributed by atoms with van der Waals surface area (Å²) >= 11 is 0. The Balaban J connectivity index is 1.54. The van der Waals surface area contributed by atoms with Gasteiger partial charge in [0.25, 0.3) is 0 Å². The smallest absolute Gasteiger partial charge is 0.0123 e. The van der Waals surface area contributed by atoms with E-state index in [1.54, 1.807) is 0 Å². The molecule has 2 bridgehead atoms. The van der Waals surface area contributed by atoms with Crippen LogP contribution >= 0.6 is 0 Å². The van der Waals surface area contributed by atoms with Crippen LogP contribution in [-0.4, -0.2) is 37.6 Å². The summed E-state index contributed by atoms with van der Waals surface area (Å²) in [5.41, 5.74) is 0. The number of nitrogens with zero attached hydrogens (tertiary/aromatic N) is 1. The van der Waals surface area contributed by atoms with Gasteiger partial charge in [0.05, 0.1) is 0 Å². The average molecular weight is 194 g/mol. The summed E-state index contributed by atoms with van der Waals surface area (Å²) in [7, 11) is 2.35. The van der Waals surface area contributed by atoms with Gasteiger partial charge in [0.1, 0.15) is 0 Å². The summed E-state index contributed by atoms with van der Waals surface area (Å²) in [5, 5.41) is 3.36. The Bertz CT molecular complexity index is 212. The molecule has 0 aromatic carbocycles. The number of nitrogens with one attached hydrogen (secondary N) is 1. The monoisotopic (exact) mass is 194 g/mol. The number of rotatable bonds is 3. The molecule has 80 valence electrons. The summed E-state index contributed by atoms with van der Waals surface area (Å²) in [6.07, 6.45) is 6.09. The van der Waals surface area contributed by atoms with Crippen LogP contribution in [0.25, 0.3) is 0 Å². The Labute approximate surface area is 87.0 Å². The van der Waals surface area contributed by atoms with Gasteiger partial charge < -0.3 is 10.2 Å². The first kappa shape index (κ1) is 9.17. The lowest BCUT2D eigenvalue weighted by atomic mass is 9.93. The fraction of sp³-hybridized carbons (Fsp3) is 1.00. The quantitative estimate of drug-likeness (QED) is 0.729. The molecule has 3 atom stereocenters. The molecule has 2 saturated carbocycles. The molecule has 0 aromatic heterocycles. The summed E-state index contributed by atoms with van der Waals surface area (Å²) < 4.78 is 0. The van der Waals surface area contributed by atoms with Crippen molar-refractivity contribution in [2.45, 2.75) is 31.7 Å². The van der Waals surface area contributed by atoms with E-state index in [1.165, 1.54) is 45.3 Å². The van der Waals surface area contributed by atoms with Crippen LogP contribution in [0.15, 0.2) is 0 Å². The Morgan fingerprint density at radius 1 is 1.21 bits per heavy atom. The first-order chi connectivity index (χ1) is 6.83. The molecule has 2 nitrogen and oxygen atoms in total. The fourth-order valence-electron chi connectivity index (χ4n) is 3.77. The van der Waals surface area contributed by atoms with Crippen molar-refractivity contribution in [3.63, 3.8) is 0 Å². The number of hydrogen-bond donors (Lipinski definition) is 1. The standard InChI is InChI=1S/C12H22N2/c1-14(8-10-6-13-7-10)12-5-9-2-3-11(12)4-9/h9-13H,2-8H2,1H3. The Morgan fingerprint density at radius 3 is 2.57 bits per heavy atom. The molecular weight excluding hydrogens is 172 g/mol. The third-order valence-corrected chi connectivity index (χ3v) is 4.68. The first-order valence-corrected chi connectivity index (χ1v) is 6.24. The lowest BCUT2D eigenvalue weighted by Crippen LogP contribution is -2.50. The minimum absolute atomic E-state index is 0.939. The predicted octanol–water partition coefficient (Wildman–Crippen LogP) is 1.33. The molecule has 2 heteroatoms. The molecule has 3 fully saturated rings. The third kappa shape index (κ3) is 1.49. The van der Waals surface area contributed by atoms with Crippen LogP contribution in [0, 0.1) is 17.8 Å². The van der Waals surface area contributed by atoms with Gasteiger partial charge in [-0.25, -0.2) is 0 Å². The third-order valence-electron chi connectivity index (χ3n) is 4.68. The van der Waals surface area contributed by atoms with Crippen LogP contribution in [0.4, 0.5) is 0 Å². The topological polar surface area (TPSA) is 15.3 Å². The Kier molecular flexibility index (Phi) is 2.29. The lowest BCUT2D eigenvalue weighted by molar-refractivity contribution is 0.134. The molecule has 3 aliphatic rings. The van der Waals surface area contributed by atoms with Crippen molar-refractivity contribution in [2.24, 2.45) is 17.8 Å². The normalized spacial score (nSPS) is 42.0. The van der Waals surface area contributed by atoms with Gasteiger partial charge in [-0.2, -0.15) is 0 Å². The maximum atomic E-state index is 3.36. The van der Waals surface area contributed by atoms with Crippen molar-refractivity contribution >= 4 is 0 Å². The summed E-state index contributed by atoms with van der Waals surface area (Å²) in [6.45, 7) is 3.84.